The summed E-state index contributed by atoms with van der Waals surface area (Å²) in [4.78, 5) is 29.4. The van der Waals surface area contributed by atoms with Crippen molar-refractivity contribution < 1.29 is 27.5 Å². The highest BCUT2D eigenvalue weighted by Gasteiger charge is 2.35. The van der Waals surface area contributed by atoms with E-state index in [0.717, 1.165) is 15.6 Å². The molecule has 2 amide bonds. The molecule has 236 valence electrons. The summed E-state index contributed by atoms with van der Waals surface area (Å²) in [5, 5.41) is 3.69. The van der Waals surface area contributed by atoms with Crippen LogP contribution < -0.4 is 24.0 Å². The average molecular weight is 656 g/mol. The molecule has 2 heterocycles. The number of ether oxygens (including phenoxy) is 2. The largest absolute Gasteiger partial charge is 0.497 e. The first-order chi connectivity index (χ1) is 22.3. The predicted molar refractivity (Wildman–Crippen MR) is 181 cm³/mol. The average Bonchev–Trinajstić information content (AvgIpc) is 3.52. The third-order valence-corrected chi connectivity index (χ3v) is 10.8. The summed E-state index contributed by atoms with van der Waals surface area (Å²) in [5.41, 5.74) is 2.19. The zero-order valence-electron chi connectivity index (χ0n) is 25.4. The lowest BCUT2D eigenvalue weighted by atomic mass is 10.1. The molecule has 0 saturated heterocycles. The van der Waals surface area contributed by atoms with E-state index in [0.29, 0.717) is 40.7 Å². The maximum Gasteiger partial charge on any atom is 0.268 e. The number of hydrogen-bond acceptors (Lipinski definition) is 7. The molecule has 0 unspecified atom stereocenters. The van der Waals surface area contributed by atoms with Gasteiger partial charge in [-0.2, -0.15) is 0 Å². The van der Waals surface area contributed by atoms with Gasteiger partial charge >= 0.3 is 0 Å². The van der Waals surface area contributed by atoms with Gasteiger partial charge in [0.15, 0.2) is 6.10 Å². The van der Waals surface area contributed by atoms with Gasteiger partial charge in [-0.05, 0) is 85.0 Å². The highest BCUT2D eigenvalue weighted by molar-refractivity contribution is 7.92. The Hall–Kier alpha value is -4.87. The summed E-state index contributed by atoms with van der Waals surface area (Å²) in [6, 6.07) is 30.5. The monoisotopic (exact) mass is 655 g/mol. The first-order valence-corrected chi connectivity index (χ1v) is 17.1. The topological polar surface area (TPSA) is 105 Å². The van der Waals surface area contributed by atoms with Crippen LogP contribution in [0.4, 0.5) is 11.4 Å². The molecule has 0 aliphatic carbocycles. The number of para-hydroxylation sites is 2. The minimum Gasteiger partial charge on any atom is -0.497 e. The Balaban J connectivity index is 1.23. The molecular formula is C35H33N3O6S2. The molecule has 9 nitrogen and oxygen atoms in total. The van der Waals surface area contributed by atoms with Crippen LogP contribution in [0.2, 0.25) is 0 Å². The van der Waals surface area contributed by atoms with E-state index in [1.165, 1.54) is 34.9 Å². The molecule has 5 aromatic rings. The lowest BCUT2D eigenvalue weighted by Gasteiger charge is -2.34. The van der Waals surface area contributed by atoms with Gasteiger partial charge in [0.05, 0.1) is 34.8 Å². The molecule has 0 saturated carbocycles. The molecule has 1 N–H and O–H groups in total. The Morgan fingerprint density at radius 3 is 2.46 bits per heavy atom. The number of fused-ring (bicyclic) bond motifs is 2. The van der Waals surface area contributed by atoms with E-state index in [1.54, 1.807) is 60.4 Å². The number of carbonyl (C=O) groups is 2. The number of rotatable bonds is 10. The van der Waals surface area contributed by atoms with Crippen LogP contribution in [0.5, 0.6) is 11.5 Å². The first-order valence-electron chi connectivity index (χ1n) is 14.9. The number of anilines is 2. The first kappa shape index (κ1) is 31.1. The van der Waals surface area contributed by atoms with E-state index < -0.39 is 16.1 Å². The van der Waals surface area contributed by atoms with Crippen molar-refractivity contribution in [3.8, 4) is 11.5 Å². The van der Waals surface area contributed by atoms with Crippen LogP contribution in [-0.2, 0) is 21.2 Å². The fourth-order valence-corrected chi connectivity index (χ4v) is 7.90. The Kier molecular flexibility index (Phi) is 8.96. The van der Waals surface area contributed by atoms with Crippen LogP contribution in [0, 0.1) is 0 Å². The number of hydrogen-bond donors (Lipinski definition) is 1. The molecule has 1 aliphatic heterocycles. The molecule has 0 radical (unpaired) electrons. The molecule has 46 heavy (non-hydrogen) atoms. The zero-order chi connectivity index (χ0) is 32.3. The van der Waals surface area contributed by atoms with Crippen molar-refractivity contribution in [1.29, 1.82) is 0 Å². The number of nitrogens with one attached hydrogen (secondary N) is 1. The van der Waals surface area contributed by atoms with E-state index in [9.17, 15) is 18.0 Å². The second-order valence-corrected chi connectivity index (χ2v) is 13.6. The quantitative estimate of drug-likeness (QED) is 0.201. The number of sulfonamides is 1. The fraction of sp³-hybridized carbons (Fsp3) is 0.200. The number of carbonyl (C=O) groups excluding carboxylic acids is 2. The Labute approximate surface area is 272 Å². The van der Waals surface area contributed by atoms with Gasteiger partial charge < -0.3 is 14.8 Å². The molecule has 4 aromatic carbocycles. The van der Waals surface area contributed by atoms with Crippen molar-refractivity contribution in [2.24, 2.45) is 0 Å². The van der Waals surface area contributed by atoms with E-state index in [4.69, 9.17) is 9.47 Å². The van der Waals surface area contributed by atoms with Gasteiger partial charge in [0, 0.05) is 17.8 Å². The maximum absolute atomic E-state index is 14.0. The number of nitrogens with zero attached hydrogens (tertiary/aromatic N) is 2. The van der Waals surface area contributed by atoms with Gasteiger partial charge in [0.2, 0.25) is 0 Å². The van der Waals surface area contributed by atoms with Crippen LogP contribution in [-0.4, -0.2) is 53.1 Å². The van der Waals surface area contributed by atoms with Crippen molar-refractivity contribution in [2.75, 3.05) is 35.9 Å². The van der Waals surface area contributed by atoms with Crippen molar-refractivity contribution in [1.82, 2.24) is 5.32 Å². The van der Waals surface area contributed by atoms with E-state index >= 15 is 0 Å². The van der Waals surface area contributed by atoms with Crippen molar-refractivity contribution in [3.05, 3.63) is 114 Å². The normalized spacial score (nSPS) is 14.3. The number of amides is 2. The van der Waals surface area contributed by atoms with Crippen LogP contribution in [0.25, 0.3) is 10.1 Å². The highest BCUT2D eigenvalue weighted by Crippen LogP contribution is 2.37. The summed E-state index contributed by atoms with van der Waals surface area (Å²) in [7, 11) is -2.31. The summed E-state index contributed by atoms with van der Waals surface area (Å²) in [6.45, 7) is 2.49. The number of benzene rings is 4. The van der Waals surface area contributed by atoms with Crippen LogP contribution in [0.3, 0.4) is 0 Å². The highest BCUT2D eigenvalue weighted by atomic mass is 32.2. The smallest absolute Gasteiger partial charge is 0.268 e. The van der Waals surface area contributed by atoms with Crippen molar-refractivity contribution in [3.63, 3.8) is 0 Å². The minimum atomic E-state index is -3.84. The third kappa shape index (κ3) is 6.29. The molecule has 0 fully saturated rings. The Morgan fingerprint density at radius 2 is 1.72 bits per heavy atom. The predicted octanol–water partition coefficient (Wildman–Crippen LogP) is 5.89. The minimum absolute atomic E-state index is 0.0518. The second-order valence-electron chi connectivity index (χ2n) is 10.7. The summed E-state index contributed by atoms with van der Waals surface area (Å²) < 4.78 is 40.5. The molecule has 0 spiro atoms. The van der Waals surface area contributed by atoms with Crippen LogP contribution in [0.1, 0.15) is 22.2 Å². The Bertz CT molecular complexity index is 1980. The van der Waals surface area contributed by atoms with Crippen molar-refractivity contribution >= 4 is 54.6 Å². The summed E-state index contributed by atoms with van der Waals surface area (Å²) in [5.74, 6) is 0.466. The molecule has 6 rings (SSSR count). The van der Waals surface area contributed by atoms with Crippen LogP contribution in [0.15, 0.2) is 108 Å². The molecule has 11 heteroatoms. The van der Waals surface area contributed by atoms with Gasteiger partial charge in [-0.15, -0.1) is 11.3 Å². The molecule has 1 aromatic heterocycles. The van der Waals surface area contributed by atoms with Crippen molar-refractivity contribution in [2.45, 2.75) is 24.3 Å². The van der Waals surface area contributed by atoms with Gasteiger partial charge in [-0.1, -0.05) is 42.5 Å². The van der Waals surface area contributed by atoms with Gasteiger partial charge in [0.25, 0.3) is 21.8 Å². The SMILES string of the molecule is CCN(c1ccc2sc(C(=O)N3C[C@H](C(=O)NCCc4ccccc4)Oc4ccccc43)cc2c1)S(=O)(=O)c1ccc(OC)cc1. The third-order valence-electron chi connectivity index (χ3n) is 7.80. The number of thiophene rings is 1. The fourth-order valence-electron chi connectivity index (χ4n) is 5.44. The van der Waals surface area contributed by atoms with Gasteiger partial charge in [-0.3, -0.25) is 18.8 Å². The molecule has 1 atom stereocenters. The maximum atomic E-state index is 14.0. The van der Waals surface area contributed by atoms with Gasteiger partial charge in [-0.25, -0.2) is 8.42 Å². The van der Waals surface area contributed by atoms with E-state index in [-0.39, 0.29) is 29.8 Å². The van der Waals surface area contributed by atoms with E-state index in [2.05, 4.69) is 5.32 Å². The van der Waals surface area contributed by atoms with Gasteiger partial charge in [0.1, 0.15) is 11.5 Å². The molecule has 1 aliphatic rings. The number of methoxy groups -OCH3 is 1. The summed E-state index contributed by atoms with van der Waals surface area (Å²) >= 11 is 1.32. The second kappa shape index (κ2) is 13.2. The molecule has 0 bridgehead atoms. The zero-order valence-corrected chi connectivity index (χ0v) is 27.0. The lowest BCUT2D eigenvalue weighted by molar-refractivity contribution is -0.127. The lowest BCUT2D eigenvalue weighted by Crippen LogP contribution is -2.51. The van der Waals surface area contributed by atoms with E-state index in [1.807, 2.05) is 42.5 Å². The van der Waals surface area contributed by atoms with Crippen LogP contribution >= 0.6 is 11.3 Å². The Morgan fingerprint density at radius 1 is 0.978 bits per heavy atom. The standard InChI is InChI=1S/C35H33N3O6S2/c1-3-38(46(41,42)28-16-14-27(43-2)15-17-28)26-13-18-32-25(21-26)22-33(45-32)35(40)37-23-31(44-30-12-8-7-11-29(30)37)34(39)36-20-19-24-9-5-4-6-10-24/h4-18,21-22,31H,3,19-20,23H2,1-2H3,(H,36,39)/t31-/m1/s1. The molecular weight excluding hydrogens is 623 g/mol. The summed E-state index contributed by atoms with van der Waals surface area (Å²) in [6.07, 6.45) is -0.198.